The van der Waals surface area contributed by atoms with Crippen molar-refractivity contribution in [2.45, 2.75) is 71.1 Å². The minimum atomic E-state index is 0.215. The molecule has 1 saturated heterocycles. The number of aromatic nitrogens is 2. The van der Waals surface area contributed by atoms with Gasteiger partial charge >= 0.3 is 0 Å². The molecule has 2 atom stereocenters. The second-order valence-electron chi connectivity index (χ2n) is 5.62. The highest BCUT2D eigenvalue weighted by molar-refractivity contribution is 5.10. The van der Waals surface area contributed by atoms with Crippen molar-refractivity contribution in [1.82, 2.24) is 9.78 Å². The summed E-state index contributed by atoms with van der Waals surface area (Å²) in [7, 11) is 0. The summed E-state index contributed by atoms with van der Waals surface area (Å²) >= 11 is 0. The second-order valence-corrected chi connectivity index (χ2v) is 5.62. The lowest BCUT2D eigenvalue weighted by atomic mass is 9.99. The maximum Gasteiger partial charge on any atom is 0.0596 e. The van der Waals surface area contributed by atoms with Crippen LogP contribution in [0.4, 0.5) is 0 Å². The predicted molar refractivity (Wildman–Crippen MR) is 77.1 cm³/mol. The molecule has 1 fully saturated rings. The van der Waals surface area contributed by atoms with E-state index in [0.29, 0.717) is 6.10 Å². The standard InChI is InChI=1S/C15H27N3O/c1-3-18-14(10-12(2)17-18)11-13(16)7-8-15-6-4-5-9-19-15/h10,13,15H,3-9,11,16H2,1-2H3. The van der Waals surface area contributed by atoms with Crippen molar-refractivity contribution in [3.05, 3.63) is 17.5 Å². The molecule has 0 spiro atoms. The van der Waals surface area contributed by atoms with Gasteiger partial charge in [0.15, 0.2) is 0 Å². The average Bonchev–Trinajstić information content (AvgIpc) is 2.77. The van der Waals surface area contributed by atoms with Crippen LogP contribution in [-0.4, -0.2) is 28.5 Å². The van der Waals surface area contributed by atoms with Gasteiger partial charge in [-0.25, -0.2) is 0 Å². The van der Waals surface area contributed by atoms with Gasteiger partial charge in [-0.1, -0.05) is 0 Å². The molecule has 108 valence electrons. The van der Waals surface area contributed by atoms with Crippen LogP contribution >= 0.6 is 0 Å². The molecule has 19 heavy (non-hydrogen) atoms. The fourth-order valence-electron chi connectivity index (χ4n) is 2.84. The molecular weight excluding hydrogens is 238 g/mol. The molecule has 1 aromatic heterocycles. The first-order valence-electron chi connectivity index (χ1n) is 7.59. The third kappa shape index (κ3) is 4.32. The van der Waals surface area contributed by atoms with Gasteiger partial charge in [-0.2, -0.15) is 5.10 Å². The maximum atomic E-state index is 6.26. The van der Waals surface area contributed by atoms with Crippen molar-refractivity contribution in [1.29, 1.82) is 0 Å². The van der Waals surface area contributed by atoms with Gasteiger partial charge in [-0.3, -0.25) is 4.68 Å². The van der Waals surface area contributed by atoms with Crippen molar-refractivity contribution < 1.29 is 4.74 Å². The highest BCUT2D eigenvalue weighted by Gasteiger charge is 2.16. The van der Waals surface area contributed by atoms with Gasteiger partial charge < -0.3 is 10.5 Å². The minimum absolute atomic E-state index is 0.215. The summed E-state index contributed by atoms with van der Waals surface area (Å²) in [5, 5.41) is 4.47. The molecule has 1 aromatic rings. The predicted octanol–water partition coefficient (Wildman–Crippen LogP) is 2.43. The van der Waals surface area contributed by atoms with Crippen LogP contribution in [0, 0.1) is 6.92 Å². The molecule has 2 unspecified atom stereocenters. The number of nitrogens with zero attached hydrogens (tertiary/aromatic N) is 2. The van der Waals surface area contributed by atoms with Crippen LogP contribution in [0.15, 0.2) is 6.07 Å². The monoisotopic (exact) mass is 265 g/mol. The number of hydrogen-bond acceptors (Lipinski definition) is 3. The summed E-state index contributed by atoms with van der Waals surface area (Å²) in [4.78, 5) is 0. The molecule has 4 nitrogen and oxygen atoms in total. The summed E-state index contributed by atoms with van der Waals surface area (Å²) in [5.41, 5.74) is 8.60. The van der Waals surface area contributed by atoms with E-state index in [-0.39, 0.29) is 6.04 Å². The Labute approximate surface area is 116 Å². The van der Waals surface area contributed by atoms with Crippen LogP contribution < -0.4 is 5.73 Å². The average molecular weight is 265 g/mol. The highest BCUT2D eigenvalue weighted by Crippen LogP contribution is 2.18. The van der Waals surface area contributed by atoms with E-state index in [1.807, 2.05) is 6.92 Å². The zero-order chi connectivity index (χ0) is 13.7. The number of rotatable bonds is 6. The summed E-state index contributed by atoms with van der Waals surface area (Å²) in [6.07, 6.45) is 7.23. The van der Waals surface area contributed by atoms with Gasteiger partial charge in [-0.05, 0) is 52.0 Å². The first-order chi connectivity index (χ1) is 9.19. The Bertz CT molecular complexity index is 383. The molecule has 1 aliphatic rings. The van der Waals surface area contributed by atoms with Crippen LogP contribution in [0.5, 0.6) is 0 Å². The van der Waals surface area contributed by atoms with Crippen LogP contribution in [-0.2, 0) is 17.7 Å². The van der Waals surface area contributed by atoms with E-state index in [2.05, 4.69) is 22.8 Å². The molecule has 0 bridgehead atoms. The Morgan fingerprint density at radius 2 is 2.37 bits per heavy atom. The normalized spacial score (nSPS) is 21.5. The Morgan fingerprint density at radius 1 is 1.53 bits per heavy atom. The van der Waals surface area contributed by atoms with E-state index in [9.17, 15) is 0 Å². The third-order valence-corrected chi connectivity index (χ3v) is 3.89. The summed E-state index contributed by atoms with van der Waals surface area (Å²) < 4.78 is 7.82. The fraction of sp³-hybridized carbons (Fsp3) is 0.800. The van der Waals surface area contributed by atoms with Crippen LogP contribution in [0.1, 0.15) is 50.4 Å². The smallest absolute Gasteiger partial charge is 0.0596 e. The number of aryl methyl sites for hydroxylation is 2. The molecule has 1 aliphatic heterocycles. The number of hydrogen-bond donors (Lipinski definition) is 1. The molecular formula is C15H27N3O. The Hall–Kier alpha value is -0.870. The van der Waals surface area contributed by atoms with Crippen LogP contribution in [0.3, 0.4) is 0 Å². The van der Waals surface area contributed by atoms with E-state index >= 15 is 0 Å². The molecule has 2 rings (SSSR count). The Kier molecular flexibility index (Phi) is 5.40. The van der Waals surface area contributed by atoms with Gasteiger partial charge in [-0.15, -0.1) is 0 Å². The van der Waals surface area contributed by atoms with E-state index in [1.165, 1.54) is 25.0 Å². The highest BCUT2D eigenvalue weighted by atomic mass is 16.5. The molecule has 0 aliphatic carbocycles. The SMILES string of the molecule is CCn1nc(C)cc1CC(N)CCC1CCCCO1. The second kappa shape index (κ2) is 7.06. The van der Waals surface area contributed by atoms with Crippen molar-refractivity contribution in [2.75, 3.05) is 6.61 Å². The third-order valence-electron chi connectivity index (χ3n) is 3.89. The van der Waals surface area contributed by atoms with Crippen molar-refractivity contribution >= 4 is 0 Å². The van der Waals surface area contributed by atoms with Crippen LogP contribution in [0.25, 0.3) is 0 Å². The topological polar surface area (TPSA) is 53.1 Å². The summed E-state index contributed by atoms with van der Waals surface area (Å²) in [6, 6.07) is 2.37. The molecule has 0 aromatic carbocycles. The summed E-state index contributed by atoms with van der Waals surface area (Å²) in [6.45, 7) is 6.01. The maximum absolute atomic E-state index is 6.26. The van der Waals surface area contributed by atoms with E-state index in [1.54, 1.807) is 0 Å². The molecule has 4 heteroatoms. The lowest BCUT2D eigenvalue weighted by Crippen LogP contribution is -2.27. The summed E-state index contributed by atoms with van der Waals surface area (Å²) in [5.74, 6) is 0. The first kappa shape index (κ1) is 14.5. The van der Waals surface area contributed by atoms with Gasteiger partial charge in [0.2, 0.25) is 0 Å². The minimum Gasteiger partial charge on any atom is -0.378 e. The molecule has 0 amide bonds. The van der Waals surface area contributed by atoms with Gasteiger partial charge in [0.1, 0.15) is 0 Å². The van der Waals surface area contributed by atoms with E-state index in [0.717, 1.165) is 38.1 Å². The van der Waals surface area contributed by atoms with E-state index in [4.69, 9.17) is 10.5 Å². The van der Waals surface area contributed by atoms with Crippen molar-refractivity contribution in [3.63, 3.8) is 0 Å². The molecule has 0 saturated carbocycles. The largest absolute Gasteiger partial charge is 0.378 e. The Balaban J connectivity index is 1.78. The van der Waals surface area contributed by atoms with Gasteiger partial charge in [0.25, 0.3) is 0 Å². The van der Waals surface area contributed by atoms with E-state index < -0.39 is 0 Å². The molecule has 0 radical (unpaired) electrons. The molecule has 2 N–H and O–H groups in total. The quantitative estimate of drug-likeness (QED) is 0.859. The van der Waals surface area contributed by atoms with Crippen molar-refractivity contribution in [3.8, 4) is 0 Å². The lowest BCUT2D eigenvalue weighted by molar-refractivity contribution is 0.00913. The zero-order valence-electron chi connectivity index (χ0n) is 12.3. The van der Waals surface area contributed by atoms with Crippen LogP contribution in [0.2, 0.25) is 0 Å². The fourth-order valence-corrected chi connectivity index (χ4v) is 2.84. The number of nitrogens with two attached hydrogens (primary N) is 1. The zero-order valence-corrected chi connectivity index (χ0v) is 12.3. The van der Waals surface area contributed by atoms with Gasteiger partial charge in [0.05, 0.1) is 11.8 Å². The first-order valence-corrected chi connectivity index (χ1v) is 7.59. The van der Waals surface area contributed by atoms with Crippen molar-refractivity contribution in [2.24, 2.45) is 5.73 Å². The van der Waals surface area contributed by atoms with Gasteiger partial charge in [0, 0.05) is 31.3 Å². The number of ether oxygens (including phenoxy) is 1. The lowest BCUT2D eigenvalue weighted by Gasteiger charge is -2.23. The Morgan fingerprint density at radius 3 is 3.05 bits per heavy atom. The molecule has 2 heterocycles.